The molecule has 5 atom stereocenters. The van der Waals surface area contributed by atoms with Crippen molar-refractivity contribution in [2.45, 2.75) is 52.6 Å². The van der Waals surface area contributed by atoms with E-state index in [1.807, 2.05) is 0 Å². The van der Waals surface area contributed by atoms with Crippen LogP contribution in [-0.2, 0) is 28.5 Å². The van der Waals surface area contributed by atoms with Gasteiger partial charge in [-0.05, 0) is 12.3 Å². The van der Waals surface area contributed by atoms with Crippen LogP contribution in [0.5, 0.6) is 0 Å². The van der Waals surface area contributed by atoms with Gasteiger partial charge in [-0.25, -0.2) is 0 Å². The zero-order valence-corrected chi connectivity index (χ0v) is 16.2. The molecule has 1 aliphatic heterocycles. The number of rotatable bonds is 12. The highest BCUT2D eigenvalue weighted by atomic mass is 16.7. The highest BCUT2D eigenvalue weighted by molar-refractivity contribution is 5.66. The lowest BCUT2D eigenvalue weighted by molar-refractivity contribution is -0.277. The summed E-state index contributed by atoms with van der Waals surface area (Å²) in [7, 11) is 0. The van der Waals surface area contributed by atoms with E-state index >= 15 is 0 Å². The summed E-state index contributed by atoms with van der Waals surface area (Å²) >= 11 is 0. The van der Waals surface area contributed by atoms with Gasteiger partial charge in [0.1, 0.15) is 17.2 Å². The molecule has 26 heavy (non-hydrogen) atoms. The quantitative estimate of drug-likeness (QED) is 0.242. The molecule has 1 rings (SSSR count). The van der Waals surface area contributed by atoms with Crippen LogP contribution >= 0.6 is 0 Å². The highest BCUT2D eigenvalue weighted by Crippen LogP contribution is 2.34. The third-order valence-corrected chi connectivity index (χ3v) is 4.50. The van der Waals surface area contributed by atoms with Crippen molar-refractivity contribution in [3.8, 4) is 0 Å². The van der Waals surface area contributed by atoms with Crippen LogP contribution in [-0.4, -0.2) is 64.0 Å². The first-order chi connectivity index (χ1) is 12.5. The number of nitrogens with one attached hydrogen (secondary N) is 1. The molecule has 0 aliphatic carbocycles. The Morgan fingerprint density at radius 1 is 1.12 bits per heavy atom. The lowest BCUT2D eigenvalue weighted by Gasteiger charge is -2.43. The van der Waals surface area contributed by atoms with Gasteiger partial charge in [0.25, 0.3) is 0 Å². The molecule has 0 amide bonds. The third kappa shape index (κ3) is 7.88. The van der Waals surface area contributed by atoms with Crippen LogP contribution in [0.15, 0.2) is 5.11 Å². The fraction of sp³-hybridized carbons (Fsp3) is 0.941. The number of ether oxygens (including phenoxy) is 5. The van der Waals surface area contributed by atoms with Crippen LogP contribution < -0.4 is 4.91 Å². The average molecular weight is 374 g/mol. The molecule has 0 bridgehead atoms. The Kier molecular flexibility index (Phi) is 11.2. The first kappa shape index (κ1) is 22.7. The largest absolute Gasteiger partial charge is 0.457 e. The molecule has 5 unspecified atom stereocenters. The first-order valence-electron chi connectivity index (χ1n) is 9.14. The third-order valence-electron chi connectivity index (χ3n) is 4.50. The van der Waals surface area contributed by atoms with E-state index in [1.165, 1.54) is 6.92 Å². The number of carbonyl (C=O) groups excluding carboxylic acids is 1. The van der Waals surface area contributed by atoms with E-state index in [2.05, 4.69) is 30.8 Å². The molecule has 0 saturated carbocycles. The van der Waals surface area contributed by atoms with Crippen molar-refractivity contribution in [1.29, 1.82) is 5.53 Å². The smallest absolute Gasteiger partial charge is 0.303 e. The van der Waals surface area contributed by atoms with E-state index in [1.54, 1.807) is 0 Å². The summed E-state index contributed by atoms with van der Waals surface area (Å²) in [5.41, 5.74) is 6.51. The summed E-state index contributed by atoms with van der Waals surface area (Å²) in [6, 6.07) is 0. The van der Waals surface area contributed by atoms with Crippen LogP contribution in [0.3, 0.4) is 0 Å². The molecule has 0 radical (unpaired) electrons. The molecule has 1 saturated heterocycles. The lowest BCUT2D eigenvalue weighted by Crippen LogP contribution is -2.52. The Bertz CT molecular complexity index is 458. The normalized spacial score (nSPS) is 28.4. The molecule has 0 aromatic rings. The maximum Gasteiger partial charge on any atom is 0.303 e. The van der Waals surface area contributed by atoms with Crippen molar-refractivity contribution in [1.82, 2.24) is 4.91 Å². The Hall–Kier alpha value is -1.38. The van der Waals surface area contributed by atoms with Crippen molar-refractivity contribution in [2.24, 2.45) is 17.0 Å². The van der Waals surface area contributed by atoms with E-state index in [4.69, 9.17) is 29.2 Å². The zero-order chi connectivity index (χ0) is 19.4. The van der Waals surface area contributed by atoms with Crippen molar-refractivity contribution in [2.75, 3.05) is 39.6 Å². The monoisotopic (exact) mass is 374 g/mol. The SMILES string of the molecule is CCC1OC(OCCOCCOCCN=[N+]=N)C(OC(C)=O)C(C)C1C. The molecule has 1 fully saturated rings. The van der Waals surface area contributed by atoms with Crippen LogP contribution in [0.4, 0.5) is 0 Å². The maximum absolute atomic E-state index is 11.4. The minimum atomic E-state index is -0.579. The molecule has 0 spiro atoms. The molecule has 0 aromatic heterocycles. The van der Waals surface area contributed by atoms with Gasteiger partial charge in [-0.2, -0.15) is 0 Å². The minimum Gasteiger partial charge on any atom is -0.457 e. The Balaban J connectivity index is 2.30. The fourth-order valence-electron chi connectivity index (χ4n) is 2.92. The van der Waals surface area contributed by atoms with Crippen LogP contribution in [0.2, 0.25) is 0 Å². The average Bonchev–Trinajstić information content (AvgIpc) is 2.62. The van der Waals surface area contributed by atoms with Crippen LogP contribution in [0.1, 0.15) is 34.1 Å². The second kappa shape index (κ2) is 12.9. The Labute approximate surface area is 154 Å². The molecular formula is C17H32N3O6+. The van der Waals surface area contributed by atoms with Gasteiger partial charge >= 0.3 is 5.97 Å². The number of nitrogens with zero attached hydrogens (tertiary/aromatic N) is 2. The van der Waals surface area contributed by atoms with Gasteiger partial charge < -0.3 is 23.7 Å². The zero-order valence-electron chi connectivity index (χ0n) is 16.2. The first-order valence-corrected chi connectivity index (χ1v) is 9.14. The van der Waals surface area contributed by atoms with Gasteiger partial charge in [0.2, 0.25) is 4.91 Å². The molecule has 9 heteroatoms. The molecule has 1 heterocycles. The van der Waals surface area contributed by atoms with Crippen molar-refractivity contribution < 1.29 is 28.5 Å². The molecule has 0 aromatic carbocycles. The summed E-state index contributed by atoms with van der Waals surface area (Å²) in [6.07, 6.45) is -0.0341. The summed E-state index contributed by atoms with van der Waals surface area (Å²) < 4.78 is 27.9. The molecule has 1 N–H and O–H groups in total. The molecule has 150 valence electrons. The number of hydrogen-bond donors (Lipinski definition) is 1. The lowest BCUT2D eigenvalue weighted by atomic mass is 9.82. The Morgan fingerprint density at radius 3 is 2.38 bits per heavy atom. The van der Waals surface area contributed by atoms with E-state index in [-0.39, 0.29) is 23.9 Å². The number of carbonyl (C=O) groups is 1. The summed E-state index contributed by atoms with van der Waals surface area (Å²) in [4.78, 5) is 14.3. The fourth-order valence-corrected chi connectivity index (χ4v) is 2.92. The van der Waals surface area contributed by atoms with E-state index < -0.39 is 12.4 Å². The van der Waals surface area contributed by atoms with Crippen molar-refractivity contribution >= 4 is 5.97 Å². The van der Waals surface area contributed by atoms with Crippen molar-refractivity contribution in [3.63, 3.8) is 0 Å². The van der Waals surface area contributed by atoms with Gasteiger partial charge in [-0.15, -0.1) is 0 Å². The van der Waals surface area contributed by atoms with Gasteiger partial charge in [0.15, 0.2) is 12.4 Å². The van der Waals surface area contributed by atoms with Gasteiger partial charge in [-0.1, -0.05) is 20.8 Å². The molecule has 9 nitrogen and oxygen atoms in total. The number of esters is 1. The highest BCUT2D eigenvalue weighted by Gasteiger charge is 2.43. The number of hydrogen-bond acceptors (Lipinski definition) is 8. The minimum absolute atomic E-state index is 0.0806. The van der Waals surface area contributed by atoms with Gasteiger partial charge in [-0.3, -0.25) is 4.79 Å². The van der Waals surface area contributed by atoms with Gasteiger partial charge in [0.05, 0.1) is 39.1 Å². The van der Waals surface area contributed by atoms with E-state index in [0.29, 0.717) is 39.6 Å². The summed E-state index contributed by atoms with van der Waals surface area (Å²) in [5, 5.41) is 3.48. The van der Waals surface area contributed by atoms with Crippen LogP contribution in [0.25, 0.3) is 0 Å². The van der Waals surface area contributed by atoms with E-state index in [9.17, 15) is 4.79 Å². The Morgan fingerprint density at radius 2 is 1.77 bits per heavy atom. The van der Waals surface area contributed by atoms with E-state index in [0.717, 1.165) is 6.42 Å². The predicted octanol–water partition coefficient (Wildman–Crippen LogP) is 1.93. The predicted molar refractivity (Wildman–Crippen MR) is 92.6 cm³/mol. The topological polar surface area (TPSA) is 114 Å². The summed E-state index contributed by atoms with van der Waals surface area (Å²) in [6.45, 7) is 10.0. The maximum atomic E-state index is 11.4. The second-order valence-electron chi connectivity index (χ2n) is 6.30. The summed E-state index contributed by atoms with van der Waals surface area (Å²) in [5.74, 6) is 0.101. The van der Waals surface area contributed by atoms with Gasteiger partial charge in [0, 0.05) is 12.8 Å². The van der Waals surface area contributed by atoms with Crippen LogP contribution in [0, 0.1) is 17.4 Å². The molecular weight excluding hydrogens is 342 g/mol. The second-order valence-corrected chi connectivity index (χ2v) is 6.30. The standard InChI is InChI=1S/C17H32N3O6/c1-5-15-12(2)13(3)16(25-14(4)21)17(26-15)24-11-10-23-9-8-22-7-6-19-20-18/h12-13,15-18H,5-11H2,1-4H3/q+1. The van der Waals surface area contributed by atoms with Crippen molar-refractivity contribution in [3.05, 3.63) is 0 Å². The molecule has 1 aliphatic rings.